The smallest absolute Gasteiger partial charge is 0.198 e. The van der Waals surface area contributed by atoms with Crippen molar-refractivity contribution in [2.24, 2.45) is 0 Å². The summed E-state index contributed by atoms with van der Waals surface area (Å²) in [5, 5.41) is 0. The van der Waals surface area contributed by atoms with Gasteiger partial charge >= 0.3 is 0 Å². The van der Waals surface area contributed by atoms with Gasteiger partial charge in [-0.05, 0) is 38.1 Å². The second kappa shape index (κ2) is 42.1. The molecule has 0 amide bonds. The first-order valence-corrected chi connectivity index (χ1v) is 32.2. The van der Waals surface area contributed by atoms with E-state index in [4.69, 9.17) is 18.9 Å². The Balaban J connectivity index is 0.998. The number of fused-ring (bicyclic) bond motifs is 2. The van der Waals surface area contributed by atoms with E-state index >= 15 is 0 Å². The Morgan fingerprint density at radius 2 is 0.566 bits per heavy atom. The van der Waals surface area contributed by atoms with Crippen LogP contribution in [0.25, 0.3) is 0 Å². The summed E-state index contributed by atoms with van der Waals surface area (Å²) in [4.78, 5) is 38.7. The van der Waals surface area contributed by atoms with Gasteiger partial charge in [-0.2, -0.15) is 0 Å². The number of unbranched alkanes of at least 4 members (excludes halogenated alkanes) is 30. The fourth-order valence-electron chi connectivity index (χ4n) is 11.8. The molecule has 2 aliphatic heterocycles. The second-order valence-corrected chi connectivity index (χ2v) is 22.8. The summed E-state index contributed by atoms with van der Waals surface area (Å²) >= 11 is 0. The Morgan fingerprint density at radius 1 is 0.316 bits per heavy atom. The van der Waals surface area contributed by atoms with Crippen LogP contribution in [0.3, 0.4) is 0 Å². The minimum atomic E-state index is -0.106. The molecule has 0 N–H and O–H groups in total. The topological polar surface area (TPSA) is 84.0 Å². The molecule has 2 fully saturated rings. The Hall–Kier alpha value is -2.86. The number of carbonyl (C=O) groups excluding carboxylic acids is 2. The minimum absolute atomic E-state index is 0.105. The zero-order chi connectivity index (χ0) is 53.4. The molecule has 2 saturated heterocycles. The van der Waals surface area contributed by atoms with E-state index in [1.807, 2.05) is 36.4 Å². The molecule has 2 heterocycles. The number of nitrogens with zero attached hydrogens (tertiary/aromatic N) is 4. The van der Waals surface area contributed by atoms with Crippen LogP contribution in [0.2, 0.25) is 0 Å². The first-order chi connectivity index (χ1) is 37.6. The summed E-state index contributed by atoms with van der Waals surface area (Å²) in [7, 11) is 0. The lowest BCUT2D eigenvalue weighted by Crippen LogP contribution is -2.38. The highest BCUT2D eigenvalue weighted by molar-refractivity contribution is 6.32. The van der Waals surface area contributed by atoms with E-state index in [1.165, 1.54) is 205 Å². The average Bonchev–Trinajstić information content (AvgIpc) is 3.54. The molecule has 432 valence electrons. The third-order valence-corrected chi connectivity index (χ3v) is 16.6. The van der Waals surface area contributed by atoms with E-state index in [2.05, 4.69) is 33.4 Å². The molecule has 0 saturated carbocycles. The van der Waals surface area contributed by atoms with Crippen molar-refractivity contribution in [3.05, 3.63) is 58.7 Å². The normalized spacial score (nSPS) is 17.2. The zero-order valence-corrected chi connectivity index (χ0v) is 49.1. The van der Waals surface area contributed by atoms with Gasteiger partial charge in [0.15, 0.2) is 11.6 Å². The summed E-state index contributed by atoms with van der Waals surface area (Å²) in [5.74, 6) is -0.211. The predicted octanol–water partition coefficient (Wildman–Crippen LogP) is 15.3. The number of hydrogen-bond acceptors (Lipinski definition) is 10. The van der Waals surface area contributed by atoms with Crippen molar-refractivity contribution in [3.8, 4) is 0 Å². The van der Waals surface area contributed by atoms with Crippen LogP contribution in [0.5, 0.6) is 0 Å². The van der Waals surface area contributed by atoms with Gasteiger partial charge in [-0.25, -0.2) is 0 Å². The van der Waals surface area contributed by atoms with E-state index in [0.29, 0.717) is 101 Å². The molecule has 2 aromatic carbocycles. The van der Waals surface area contributed by atoms with Crippen LogP contribution in [0.4, 0.5) is 11.4 Å². The highest BCUT2D eigenvalue weighted by atomic mass is 16.5. The summed E-state index contributed by atoms with van der Waals surface area (Å²) in [6.45, 7) is 17.5. The monoisotopic (exact) mass is 1060 g/mol. The standard InChI is InChI=1S/C66H112N4O6/c1-3-5-7-9-11-13-15-17-19-21-23-25-27-29-31-33-41-67-43-51-73-55-47-69(48-56-74-52-44-67)61-39-35-37-59-63(61)66(72)64-60(65(59)71)38-36-40-62(64)70-49-57-75-53-45-68(46-54-76-58-50-70)42-34-32-30-28-26-24-22-20-18-16-14-12-10-8-6-4-2/h35-40H,3-34,41-58H2,1-2H3. The summed E-state index contributed by atoms with van der Waals surface area (Å²) in [6.07, 6.45) is 44.3. The molecule has 1 aliphatic carbocycles. The molecule has 0 radical (unpaired) electrons. The number of ether oxygens (including phenoxy) is 4. The van der Waals surface area contributed by atoms with Crippen molar-refractivity contribution in [3.63, 3.8) is 0 Å². The Morgan fingerprint density at radius 3 is 0.842 bits per heavy atom. The lowest BCUT2D eigenvalue weighted by Gasteiger charge is -2.33. The van der Waals surface area contributed by atoms with E-state index in [9.17, 15) is 9.59 Å². The van der Waals surface area contributed by atoms with Crippen molar-refractivity contribution in [2.45, 2.75) is 219 Å². The van der Waals surface area contributed by atoms with E-state index in [-0.39, 0.29) is 11.6 Å². The van der Waals surface area contributed by atoms with Gasteiger partial charge in [-0.15, -0.1) is 0 Å². The molecule has 3 aliphatic rings. The number of rotatable bonds is 36. The minimum Gasteiger partial charge on any atom is -0.378 e. The van der Waals surface area contributed by atoms with E-state index in [0.717, 1.165) is 50.6 Å². The molecular weight excluding hydrogens is 945 g/mol. The number of ketones is 2. The van der Waals surface area contributed by atoms with Crippen LogP contribution in [-0.4, -0.2) is 140 Å². The van der Waals surface area contributed by atoms with Crippen LogP contribution < -0.4 is 9.80 Å². The van der Waals surface area contributed by atoms with Crippen molar-refractivity contribution in [1.29, 1.82) is 0 Å². The summed E-state index contributed by atoms with van der Waals surface area (Å²) in [6, 6.07) is 11.4. The summed E-state index contributed by atoms with van der Waals surface area (Å²) in [5.41, 5.74) is 3.45. The van der Waals surface area contributed by atoms with Crippen molar-refractivity contribution in [1.82, 2.24) is 9.80 Å². The molecule has 2 aromatic rings. The number of hydrogen-bond donors (Lipinski definition) is 0. The first kappa shape index (κ1) is 64.0. The van der Waals surface area contributed by atoms with Gasteiger partial charge in [-0.3, -0.25) is 19.4 Å². The first-order valence-electron chi connectivity index (χ1n) is 32.2. The van der Waals surface area contributed by atoms with Crippen molar-refractivity contribution < 1.29 is 28.5 Å². The van der Waals surface area contributed by atoms with Gasteiger partial charge in [0.1, 0.15) is 0 Å². The molecule has 0 spiro atoms. The maximum atomic E-state index is 15.0. The maximum Gasteiger partial charge on any atom is 0.198 e. The second-order valence-electron chi connectivity index (χ2n) is 22.8. The molecule has 10 heteroatoms. The van der Waals surface area contributed by atoms with E-state index < -0.39 is 0 Å². The molecule has 0 bridgehead atoms. The lowest BCUT2D eigenvalue weighted by molar-refractivity contribution is 0.0702. The molecule has 5 rings (SSSR count). The Kier molecular flexibility index (Phi) is 35.4. The van der Waals surface area contributed by atoms with Crippen molar-refractivity contribution >= 4 is 22.9 Å². The number of anilines is 2. The Labute approximate surface area is 465 Å². The average molecular weight is 1060 g/mol. The van der Waals surface area contributed by atoms with Gasteiger partial charge in [-0.1, -0.05) is 231 Å². The third-order valence-electron chi connectivity index (χ3n) is 16.6. The molecule has 76 heavy (non-hydrogen) atoms. The van der Waals surface area contributed by atoms with Gasteiger partial charge in [0, 0.05) is 74.9 Å². The SMILES string of the molecule is CCCCCCCCCCCCCCCCCCN1CCOCCN(c2cccc3c2C(=O)c2c(cccc2N2CCOCCN(CCCCCCCCCCCCCCCCCC)CCOCC2)C3=O)CCOCC1. The molecule has 0 atom stereocenters. The maximum absolute atomic E-state index is 15.0. The molecule has 10 nitrogen and oxygen atoms in total. The highest BCUT2D eigenvalue weighted by Crippen LogP contribution is 2.38. The molecular formula is C66H112N4O6. The molecule has 0 unspecified atom stereocenters. The van der Waals surface area contributed by atoms with E-state index in [1.54, 1.807) is 0 Å². The van der Waals surface area contributed by atoms with Gasteiger partial charge in [0.2, 0.25) is 0 Å². The fraction of sp³-hybridized carbons (Fsp3) is 0.788. The highest BCUT2D eigenvalue weighted by Gasteiger charge is 2.36. The van der Waals surface area contributed by atoms with Gasteiger partial charge in [0.25, 0.3) is 0 Å². The third kappa shape index (κ3) is 25.5. The zero-order valence-electron chi connectivity index (χ0n) is 49.1. The largest absolute Gasteiger partial charge is 0.378 e. The van der Waals surface area contributed by atoms with Crippen molar-refractivity contribution in [2.75, 3.05) is 128 Å². The lowest BCUT2D eigenvalue weighted by atomic mass is 9.82. The van der Waals surface area contributed by atoms with Crippen LogP contribution in [0, 0.1) is 0 Å². The fourth-order valence-corrected chi connectivity index (χ4v) is 11.8. The summed E-state index contributed by atoms with van der Waals surface area (Å²) < 4.78 is 25.1. The van der Waals surface area contributed by atoms with Gasteiger partial charge in [0.05, 0.1) is 64.0 Å². The van der Waals surface area contributed by atoms with Crippen LogP contribution in [0.1, 0.15) is 251 Å². The number of carbonyl (C=O) groups is 2. The van der Waals surface area contributed by atoms with Crippen LogP contribution >= 0.6 is 0 Å². The Bertz CT molecular complexity index is 1640. The quantitative estimate of drug-likeness (QED) is 0.0525. The predicted molar refractivity (Wildman–Crippen MR) is 319 cm³/mol. The van der Waals surface area contributed by atoms with Gasteiger partial charge < -0.3 is 28.7 Å². The number of benzene rings is 2. The molecule has 0 aromatic heterocycles. The van der Waals surface area contributed by atoms with Crippen LogP contribution in [-0.2, 0) is 18.9 Å². The van der Waals surface area contributed by atoms with Crippen LogP contribution in [0.15, 0.2) is 36.4 Å².